The summed E-state index contributed by atoms with van der Waals surface area (Å²) in [5.74, 6) is -0.982. The smallest absolute Gasteiger partial charge is 0.295 e. The number of likely N-dealkylation sites (tertiary alicyclic amines) is 1. The molecule has 0 spiro atoms. The van der Waals surface area contributed by atoms with Gasteiger partial charge in [-0.2, -0.15) is 0 Å². The number of carbonyl (C=O) groups is 2. The van der Waals surface area contributed by atoms with E-state index >= 15 is 0 Å². The highest BCUT2D eigenvalue weighted by Gasteiger charge is 2.46. The first-order valence-corrected chi connectivity index (χ1v) is 10.8. The maximum Gasteiger partial charge on any atom is 0.295 e. The quantitative estimate of drug-likeness (QED) is 0.327. The second kappa shape index (κ2) is 10.5. The number of benzene rings is 2. The largest absolute Gasteiger partial charge is 0.507 e. The summed E-state index contributed by atoms with van der Waals surface area (Å²) < 4.78 is 15.8. The van der Waals surface area contributed by atoms with Gasteiger partial charge in [-0.1, -0.05) is 6.07 Å². The number of methoxy groups -OCH3 is 3. The van der Waals surface area contributed by atoms with Gasteiger partial charge in [0.1, 0.15) is 17.3 Å². The molecule has 1 atom stereocenters. The van der Waals surface area contributed by atoms with Crippen molar-refractivity contribution in [3.05, 3.63) is 53.1 Å². The number of ketones is 1. The average molecular weight is 471 g/mol. The van der Waals surface area contributed by atoms with E-state index in [-0.39, 0.29) is 16.9 Å². The number of amides is 1. The lowest BCUT2D eigenvalue weighted by atomic mass is 9.94. The molecule has 9 heteroatoms. The number of ether oxygens (including phenoxy) is 3. The molecule has 0 unspecified atom stereocenters. The molecule has 0 saturated carbocycles. The number of aromatic hydroxyl groups is 1. The lowest BCUT2D eigenvalue weighted by Crippen LogP contribution is -2.32. The van der Waals surface area contributed by atoms with Crippen LogP contribution in [0.3, 0.4) is 0 Å². The van der Waals surface area contributed by atoms with Gasteiger partial charge in [0.15, 0.2) is 11.5 Å². The van der Waals surface area contributed by atoms with Crippen LogP contribution in [0.1, 0.15) is 23.6 Å². The van der Waals surface area contributed by atoms with Gasteiger partial charge in [0.25, 0.3) is 11.7 Å². The Kier molecular flexibility index (Phi) is 7.68. The molecule has 1 saturated heterocycles. The van der Waals surface area contributed by atoms with Crippen LogP contribution in [0.5, 0.6) is 23.0 Å². The molecule has 0 radical (unpaired) electrons. The average Bonchev–Trinajstić information content (AvgIpc) is 3.07. The fourth-order valence-electron chi connectivity index (χ4n) is 4.02. The Hall–Kier alpha value is -3.72. The van der Waals surface area contributed by atoms with Crippen molar-refractivity contribution in [2.75, 3.05) is 48.5 Å². The first-order valence-electron chi connectivity index (χ1n) is 10.8. The van der Waals surface area contributed by atoms with E-state index in [1.54, 1.807) is 24.3 Å². The van der Waals surface area contributed by atoms with Crippen molar-refractivity contribution in [3.8, 4) is 23.0 Å². The number of aliphatic hydroxyl groups excluding tert-OH is 1. The van der Waals surface area contributed by atoms with Crippen LogP contribution in [-0.2, 0) is 9.59 Å². The number of rotatable bonds is 9. The predicted octanol–water partition coefficient (Wildman–Crippen LogP) is 2.79. The Labute approximate surface area is 198 Å². The zero-order valence-corrected chi connectivity index (χ0v) is 20.0. The van der Waals surface area contributed by atoms with E-state index in [0.29, 0.717) is 42.3 Å². The number of phenolic OH excluding ortho intramolecular Hbond substituents is 1. The summed E-state index contributed by atoms with van der Waals surface area (Å²) in [6, 6.07) is 8.52. The fraction of sp³-hybridized carbons (Fsp3) is 0.360. The van der Waals surface area contributed by atoms with E-state index in [1.165, 1.54) is 38.4 Å². The van der Waals surface area contributed by atoms with Crippen molar-refractivity contribution in [2.45, 2.75) is 12.5 Å². The molecule has 182 valence electrons. The van der Waals surface area contributed by atoms with Gasteiger partial charge in [0.05, 0.1) is 38.5 Å². The van der Waals surface area contributed by atoms with E-state index in [2.05, 4.69) is 0 Å². The second-order valence-corrected chi connectivity index (χ2v) is 8.15. The highest BCUT2D eigenvalue weighted by Crippen LogP contribution is 2.43. The molecule has 1 heterocycles. The Bertz CT molecular complexity index is 1110. The normalized spacial score (nSPS) is 17.4. The number of nitrogens with zero attached hydrogens (tertiary/aromatic N) is 2. The third-order valence-corrected chi connectivity index (χ3v) is 5.73. The van der Waals surface area contributed by atoms with Crippen molar-refractivity contribution in [3.63, 3.8) is 0 Å². The van der Waals surface area contributed by atoms with Crippen LogP contribution < -0.4 is 14.2 Å². The molecule has 1 fully saturated rings. The van der Waals surface area contributed by atoms with Gasteiger partial charge < -0.3 is 34.2 Å². The molecule has 2 N–H and O–H groups in total. The SMILES string of the molecule is COc1ccc(C(O)=C2C(=O)C(=O)N(CCCN(C)C)[C@H]2c2ccc(OC)c(OC)c2)c(O)c1. The molecule has 2 aromatic rings. The predicted molar refractivity (Wildman–Crippen MR) is 126 cm³/mol. The molecule has 1 aliphatic heterocycles. The summed E-state index contributed by atoms with van der Waals surface area (Å²) in [7, 11) is 8.30. The highest BCUT2D eigenvalue weighted by atomic mass is 16.5. The maximum atomic E-state index is 13.1. The lowest BCUT2D eigenvalue weighted by Gasteiger charge is -2.26. The van der Waals surface area contributed by atoms with Gasteiger partial charge in [0.2, 0.25) is 0 Å². The van der Waals surface area contributed by atoms with Gasteiger partial charge in [0, 0.05) is 12.6 Å². The number of hydrogen-bond donors (Lipinski definition) is 2. The number of hydrogen-bond acceptors (Lipinski definition) is 8. The summed E-state index contributed by atoms with van der Waals surface area (Å²) in [4.78, 5) is 29.6. The Balaban J connectivity index is 2.17. The Morgan fingerprint density at radius 3 is 2.29 bits per heavy atom. The van der Waals surface area contributed by atoms with E-state index < -0.39 is 23.5 Å². The zero-order chi connectivity index (χ0) is 25.0. The number of aliphatic hydroxyl groups is 1. The fourth-order valence-corrected chi connectivity index (χ4v) is 4.02. The van der Waals surface area contributed by atoms with E-state index in [0.717, 1.165) is 0 Å². The monoisotopic (exact) mass is 470 g/mol. The van der Waals surface area contributed by atoms with Crippen LogP contribution in [0.4, 0.5) is 0 Å². The highest BCUT2D eigenvalue weighted by molar-refractivity contribution is 6.46. The Morgan fingerprint density at radius 2 is 1.71 bits per heavy atom. The van der Waals surface area contributed by atoms with Crippen LogP contribution >= 0.6 is 0 Å². The van der Waals surface area contributed by atoms with E-state index in [9.17, 15) is 19.8 Å². The minimum absolute atomic E-state index is 0.0255. The number of phenols is 1. The molecule has 9 nitrogen and oxygen atoms in total. The molecular weight excluding hydrogens is 440 g/mol. The van der Waals surface area contributed by atoms with Gasteiger partial charge in [-0.25, -0.2) is 0 Å². The van der Waals surface area contributed by atoms with Crippen molar-refractivity contribution in [2.24, 2.45) is 0 Å². The third kappa shape index (κ3) is 4.79. The molecule has 1 aliphatic rings. The summed E-state index contributed by atoms with van der Waals surface area (Å²) in [5.41, 5.74) is 0.483. The van der Waals surface area contributed by atoms with Gasteiger partial charge >= 0.3 is 0 Å². The number of Topliss-reactive ketones (excluding diaryl/α,β-unsaturated/α-hetero) is 1. The van der Waals surface area contributed by atoms with Crippen molar-refractivity contribution < 1.29 is 34.0 Å². The summed E-state index contributed by atoms with van der Waals surface area (Å²) in [6.07, 6.45) is 0.623. The zero-order valence-electron chi connectivity index (χ0n) is 20.0. The Morgan fingerprint density at radius 1 is 1.00 bits per heavy atom. The standard InChI is InChI=1S/C25H30N2O7/c1-26(2)11-6-12-27-22(15-7-10-19(33-4)20(13-15)34-5)21(24(30)25(27)31)23(29)17-9-8-16(32-3)14-18(17)28/h7-10,13-14,22,28-29H,6,11-12H2,1-5H3/t22-/m0/s1. The van der Waals surface area contributed by atoms with Gasteiger partial charge in [-0.15, -0.1) is 0 Å². The molecule has 0 aliphatic carbocycles. The van der Waals surface area contributed by atoms with Crippen molar-refractivity contribution in [1.82, 2.24) is 9.80 Å². The van der Waals surface area contributed by atoms with Crippen LogP contribution in [0.15, 0.2) is 42.0 Å². The lowest BCUT2D eigenvalue weighted by molar-refractivity contribution is -0.139. The molecule has 0 aromatic heterocycles. The summed E-state index contributed by atoms with van der Waals surface area (Å²) >= 11 is 0. The second-order valence-electron chi connectivity index (χ2n) is 8.15. The van der Waals surface area contributed by atoms with Crippen LogP contribution in [-0.4, -0.2) is 80.2 Å². The topological polar surface area (TPSA) is 109 Å². The molecule has 34 heavy (non-hydrogen) atoms. The van der Waals surface area contributed by atoms with Gasteiger partial charge in [-0.3, -0.25) is 9.59 Å². The van der Waals surface area contributed by atoms with Crippen molar-refractivity contribution >= 4 is 17.4 Å². The molecular formula is C25H30N2O7. The molecule has 3 rings (SSSR count). The van der Waals surface area contributed by atoms with Crippen molar-refractivity contribution in [1.29, 1.82) is 0 Å². The van der Waals surface area contributed by atoms with Crippen LogP contribution in [0.25, 0.3) is 5.76 Å². The van der Waals surface area contributed by atoms with E-state index in [1.807, 2.05) is 19.0 Å². The minimum atomic E-state index is -0.872. The summed E-state index contributed by atoms with van der Waals surface area (Å²) in [5, 5.41) is 21.6. The minimum Gasteiger partial charge on any atom is -0.507 e. The molecule has 0 bridgehead atoms. The maximum absolute atomic E-state index is 13.1. The first kappa shape index (κ1) is 24.9. The summed E-state index contributed by atoms with van der Waals surface area (Å²) in [6.45, 7) is 1.01. The van der Waals surface area contributed by atoms with Crippen LogP contribution in [0.2, 0.25) is 0 Å². The van der Waals surface area contributed by atoms with E-state index in [4.69, 9.17) is 14.2 Å². The van der Waals surface area contributed by atoms with Crippen LogP contribution in [0, 0.1) is 0 Å². The third-order valence-electron chi connectivity index (χ3n) is 5.73. The molecule has 1 amide bonds. The first-order chi connectivity index (χ1) is 16.2. The molecule has 2 aromatic carbocycles. The van der Waals surface area contributed by atoms with Gasteiger partial charge in [-0.05, 0) is 56.9 Å². The number of carbonyl (C=O) groups excluding carboxylic acids is 2.